The molecule has 0 saturated heterocycles. The van der Waals surface area contributed by atoms with E-state index < -0.39 is 5.97 Å². The average Bonchev–Trinajstić information content (AvgIpc) is 2.61. The summed E-state index contributed by atoms with van der Waals surface area (Å²) in [6.45, 7) is 11.0. The predicted octanol–water partition coefficient (Wildman–Crippen LogP) is 3.68. The van der Waals surface area contributed by atoms with Gasteiger partial charge in [-0.15, -0.1) is 0 Å². The fourth-order valence-electron chi connectivity index (χ4n) is 2.32. The van der Waals surface area contributed by atoms with Gasteiger partial charge in [0.2, 0.25) is 0 Å². The molecule has 0 radical (unpaired) electrons. The van der Waals surface area contributed by atoms with E-state index in [1.54, 1.807) is 6.08 Å². The quantitative estimate of drug-likeness (QED) is 0.379. The van der Waals surface area contributed by atoms with Gasteiger partial charge in [0.15, 0.2) is 5.16 Å². The number of nitrogens with zero attached hydrogens (tertiary/aromatic N) is 3. The molecule has 5 nitrogen and oxygen atoms in total. The Kier molecular flexibility index (Phi) is 8.26. The second-order valence-electron chi connectivity index (χ2n) is 4.95. The Bertz CT molecular complexity index is 654. The number of aliphatic carboxylic acids is 1. The number of fused-ring (bicyclic) bond motifs is 1. The fraction of sp³-hybridized carbons (Fsp3) is 0.389. The van der Waals surface area contributed by atoms with Crippen molar-refractivity contribution in [2.45, 2.75) is 38.9 Å². The van der Waals surface area contributed by atoms with Gasteiger partial charge < -0.3 is 10.0 Å². The number of hydrogen-bond acceptors (Lipinski definition) is 5. The summed E-state index contributed by atoms with van der Waals surface area (Å²) in [7, 11) is 0. The zero-order chi connectivity index (χ0) is 18.1. The summed E-state index contributed by atoms with van der Waals surface area (Å²) < 4.78 is 0. The zero-order valence-corrected chi connectivity index (χ0v) is 15.6. The molecule has 2 heterocycles. The Hall–Kier alpha value is -2.08. The molecule has 0 amide bonds. The van der Waals surface area contributed by atoms with Gasteiger partial charge in [-0.25, -0.2) is 14.8 Å². The molecular weight excluding hydrogens is 322 g/mol. The Labute approximate surface area is 148 Å². The molecular formula is C18H25N3O2S. The van der Waals surface area contributed by atoms with Crippen LogP contribution in [0.3, 0.4) is 0 Å². The third-order valence-electron chi connectivity index (χ3n) is 3.50. The number of allylic oxidation sites excluding steroid dienone is 3. The van der Waals surface area contributed by atoms with Crippen LogP contribution in [0.15, 0.2) is 47.4 Å². The predicted molar refractivity (Wildman–Crippen MR) is 98.9 cm³/mol. The summed E-state index contributed by atoms with van der Waals surface area (Å²) in [5.74, 6) is -0.954. The average molecular weight is 347 g/mol. The molecule has 1 aliphatic heterocycles. The third kappa shape index (κ3) is 5.23. The molecule has 0 atom stereocenters. The molecule has 0 fully saturated rings. The first-order chi connectivity index (χ1) is 11.5. The Balaban J connectivity index is 0.00000139. The van der Waals surface area contributed by atoms with Crippen molar-refractivity contribution in [3.05, 3.63) is 53.5 Å². The molecule has 2 rings (SSSR count). The number of aromatic nitrogens is 2. The minimum absolute atomic E-state index is 0.229. The number of hydrogen-bond donors (Lipinski definition) is 1. The fourth-order valence-corrected chi connectivity index (χ4v) is 2.68. The maximum atomic E-state index is 11.2. The molecule has 0 spiro atoms. The normalized spacial score (nSPS) is 14.4. The molecule has 24 heavy (non-hydrogen) atoms. The molecule has 1 aromatic rings. The number of carbonyl (C=O) groups is 1. The van der Waals surface area contributed by atoms with Crippen molar-refractivity contribution < 1.29 is 9.90 Å². The van der Waals surface area contributed by atoms with E-state index in [0.29, 0.717) is 6.54 Å². The Morgan fingerprint density at radius 3 is 2.75 bits per heavy atom. The van der Waals surface area contributed by atoms with Crippen LogP contribution in [0.1, 0.15) is 32.0 Å². The number of thioether (sulfide) groups is 1. The number of carboxylic acid groups (broad SMARTS) is 1. The van der Waals surface area contributed by atoms with Crippen molar-refractivity contribution in [2.75, 3.05) is 12.8 Å². The standard InChI is InChI=1S/C16H19N3O2S.C2H6/c1-4-5-12(15(20)21)8-11(2)19-7-6-14-13(10-19)9-17-16(18-14)22-3;1-2/h4-5,8-9H,1,6-7,10H2,2-3H3,(H,20,21);1-2H3/b11-8+,12-5+;. The van der Waals surface area contributed by atoms with Gasteiger partial charge in [0.05, 0.1) is 11.3 Å². The SMILES string of the molecule is C=C/C=C(\C=C(/C)N1CCc2nc(SC)ncc2C1)C(=O)O.CC. The summed E-state index contributed by atoms with van der Waals surface area (Å²) >= 11 is 1.54. The molecule has 0 unspecified atom stereocenters. The lowest BCUT2D eigenvalue weighted by atomic mass is 10.1. The highest BCUT2D eigenvalue weighted by Crippen LogP contribution is 2.22. The summed E-state index contributed by atoms with van der Waals surface area (Å²) in [6.07, 6.45) is 9.32. The van der Waals surface area contributed by atoms with E-state index in [9.17, 15) is 4.79 Å². The summed E-state index contributed by atoms with van der Waals surface area (Å²) in [5, 5.41) is 9.96. The van der Waals surface area contributed by atoms with Crippen LogP contribution in [0.4, 0.5) is 0 Å². The smallest absolute Gasteiger partial charge is 0.335 e. The Morgan fingerprint density at radius 1 is 1.46 bits per heavy atom. The van der Waals surface area contributed by atoms with Crippen LogP contribution >= 0.6 is 11.8 Å². The number of carboxylic acids is 1. The second-order valence-corrected chi connectivity index (χ2v) is 5.72. The van der Waals surface area contributed by atoms with Gasteiger partial charge in [-0.3, -0.25) is 0 Å². The lowest BCUT2D eigenvalue weighted by Gasteiger charge is -2.30. The van der Waals surface area contributed by atoms with Crippen molar-refractivity contribution in [2.24, 2.45) is 0 Å². The molecule has 6 heteroatoms. The lowest BCUT2D eigenvalue weighted by molar-refractivity contribution is -0.132. The van der Waals surface area contributed by atoms with Crippen LogP contribution in [-0.2, 0) is 17.8 Å². The molecule has 1 aliphatic rings. The van der Waals surface area contributed by atoms with Gasteiger partial charge >= 0.3 is 5.97 Å². The van der Waals surface area contributed by atoms with Crippen LogP contribution in [-0.4, -0.2) is 38.7 Å². The van der Waals surface area contributed by atoms with Crippen LogP contribution in [0.25, 0.3) is 0 Å². The molecule has 130 valence electrons. The molecule has 1 N–H and O–H groups in total. The maximum absolute atomic E-state index is 11.2. The van der Waals surface area contributed by atoms with Gasteiger partial charge in [-0.05, 0) is 25.3 Å². The van der Waals surface area contributed by atoms with E-state index in [4.69, 9.17) is 5.11 Å². The third-order valence-corrected chi connectivity index (χ3v) is 4.06. The first kappa shape index (κ1) is 20.0. The van der Waals surface area contributed by atoms with Gasteiger partial charge in [-0.1, -0.05) is 38.3 Å². The van der Waals surface area contributed by atoms with Gasteiger partial charge in [-0.2, -0.15) is 0 Å². The van der Waals surface area contributed by atoms with Crippen molar-refractivity contribution >= 4 is 17.7 Å². The van der Waals surface area contributed by atoms with Crippen LogP contribution in [0.2, 0.25) is 0 Å². The van der Waals surface area contributed by atoms with Crippen LogP contribution in [0.5, 0.6) is 0 Å². The zero-order valence-electron chi connectivity index (χ0n) is 14.7. The Morgan fingerprint density at radius 2 is 2.17 bits per heavy atom. The number of rotatable bonds is 5. The summed E-state index contributed by atoms with van der Waals surface area (Å²) in [5.41, 5.74) is 3.33. The van der Waals surface area contributed by atoms with Crippen molar-refractivity contribution in [3.63, 3.8) is 0 Å². The van der Waals surface area contributed by atoms with Crippen molar-refractivity contribution in [3.8, 4) is 0 Å². The minimum atomic E-state index is -0.954. The highest BCUT2D eigenvalue weighted by Gasteiger charge is 2.19. The first-order valence-corrected chi connectivity index (χ1v) is 9.15. The highest BCUT2D eigenvalue weighted by atomic mass is 32.2. The summed E-state index contributed by atoms with van der Waals surface area (Å²) in [4.78, 5) is 22.2. The van der Waals surface area contributed by atoms with Gasteiger partial charge in [0, 0.05) is 37.0 Å². The van der Waals surface area contributed by atoms with E-state index in [-0.39, 0.29) is 5.57 Å². The molecule has 0 saturated carbocycles. The lowest BCUT2D eigenvalue weighted by Crippen LogP contribution is -2.30. The van der Waals surface area contributed by atoms with Crippen molar-refractivity contribution in [1.82, 2.24) is 14.9 Å². The largest absolute Gasteiger partial charge is 0.478 e. The molecule has 0 aromatic carbocycles. The van der Waals surface area contributed by atoms with E-state index in [2.05, 4.69) is 21.4 Å². The van der Waals surface area contributed by atoms with E-state index in [0.717, 1.165) is 35.1 Å². The van der Waals surface area contributed by atoms with Crippen LogP contribution < -0.4 is 0 Å². The topological polar surface area (TPSA) is 66.3 Å². The molecule has 0 bridgehead atoms. The van der Waals surface area contributed by atoms with E-state index >= 15 is 0 Å². The van der Waals surface area contributed by atoms with Gasteiger partial charge in [0.1, 0.15) is 0 Å². The minimum Gasteiger partial charge on any atom is -0.478 e. The van der Waals surface area contributed by atoms with Gasteiger partial charge in [0.25, 0.3) is 0 Å². The van der Waals surface area contributed by atoms with Crippen LogP contribution in [0, 0.1) is 0 Å². The molecule has 0 aliphatic carbocycles. The maximum Gasteiger partial charge on any atom is 0.335 e. The van der Waals surface area contributed by atoms with E-state index in [1.807, 2.05) is 33.2 Å². The summed E-state index contributed by atoms with van der Waals surface area (Å²) in [6, 6.07) is 0. The monoisotopic (exact) mass is 347 g/mol. The molecule has 1 aromatic heterocycles. The van der Waals surface area contributed by atoms with E-state index in [1.165, 1.54) is 23.9 Å². The van der Waals surface area contributed by atoms with Crippen molar-refractivity contribution in [1.29, 1.82) is 0 Å². The first-order valence-electron chi connectivity index (χ1n) is 7.93. The second kappa shape index (κ2) is 9.93. The highest BCUT2D eigenvalue weighted by molar-refractivity contribution is 7.98.